The van der Waals surface area contributed by atoms with Crippen LogP contribution in [-0.2, 0) is 0 Å². The third-order valence-electron chi connectivity index (χ3n) is 5.22. The molecule has 0 heterocycles. The average molecular weight is 204 g/mol. The molecule has 0 aromatic rings. The third kappa shape index (κ3) is 1.68. The van der Waals surface area contributed by atoms with E-state index in [1.54, 1.807) is 0 Å². The van der Waals surface area contributed by atoms with Crippen LogP contribution in [0.15, 0.2) is 24.8 Å². The van der Waals surface area contributed by atoms with Crippen LogP contribution in [0.3, 0.4) is 0 Å². The standard InChI is InChI=1S/C15H24/c1-5-6-7-8-12-9-13-10-14(11(12)2)15(13,3)4/h5-7,11-14H,1,8-10H2,2-4H3/b7-6+/t11-,12+,13+,14+/m0/s1. The summed E-state index contributed by atoms with van der Waals surface area (Å²) in [6.45, 7) is 11.1. The minimum absolute atomic E-state index is 0.637. The highest BCUT2D eigenvalue weighted by Crippen LogP contribution is 2.63. The molecule has 0 aromatic heterocycles. The second-order valence-electron chi connectivity index (χ2n) is 6.11. The van der Waals surface area contributed by atoms with Crippen LogP contribution in [0.4, 0.5) is 0 Å². The van der Waals surface area contributed by atoms with Crippen molar-refractivity contribution in [3.63, 3.8) is 0 Å². The summed E-state index contributed by atoms with van der Waals surface area (Å²) in [6.07, 6.45) is 10.5. The molecule has 2 bridgehead atoms. The highest BCUT2D eigenvalue weighted by Gasteiger charge is 2.55. The zero-order valence-corrected chi connectivity index (χ0v) is 10.4. The lowest BCUT2D eigenvalue weighted by molar-refractivity contribution is -0.127. The van der Waals surface area contributed by atoms with Gasteiger partial charge in [-0.2, -0.15) is 0 Å². The van der Waals surface area contributed by atoms with Crippen LogP contribution in [0, 0.1) is 29.1 Å². The fraction of sp³-hybridized carbons (Fsp3) is 0.733. The Morgan fingerprint density at radius 2 is 2.07 bits per heavy atom. The van der Waals surface area contributed by atoms with Crippen LogP contribution in [0.2, 0.25) is 0 Å². The summed E-state index contributed by atoms with van der Waals surface area (Å²) in [6, 6.07) is 0. The Labute approximate surface area is 94.5 Å². The summed E-state index contributed by atoms with van der Waals surface area (Å²) in [5, 5.41) is 0. The summed E-state index contributed by atoms with van der Waals surface area (Å²) < 4.78 is 0. The van der Waals surface area contributed by atoms with E-state index in [1.165, 1.54) is 19.3 Å². The molecule has 0 N–H and O–H groups in total. The van der Waals surface area contributed by atoms with Gasteiger partial charge in [0, 0.05) is 0 Å². The van der Waals surface area contributed by atoms with Gasteiger partial charge in [0.05, 0.1) is 0 Å². The maximum Gasteiger partial charge on any atom is -0.0295 e. The molecular weight excluding hydrogens is 180 g/mol. The van der Waals surface area contributed by atoms with E-state index >= 15 is 0 Å². The first-order valence-electron chi connectivity index (χ1n) is 6.35. The topological polar surface area (TPSA) is 0 Å². The molecule has 3 fully saturated rings. The first-order chi connectivity index (χ1) is 7.07. The zero-order valence-electron chi connectivity index (χ0n) is 10.4. The van der Waals surface area contributed by atoms with Gasteiger partial charge >= 0.3 is 0 Å². The van der Waals surface area contributed by atoms with Gasteiger partial charge in [-0.3, -0.25) is 0 Å². The summed E-state index contributed by atoms with van der Waals surface area (Å²) in [5.74, 6) is 3.83. The van der Waals surface area contributed by atoms with Crippen LogP contribution in [-0.4, -0.2) is 0 Å². The second-order valence-corrected chi connectivity index (χ2v) is 6.11. The lowest BCUT2D eigenvalue weighted by atomic mass is 9.43. The summed E-state index contributed by atoms with van der Waals surface area (Å²) in [4.78, 5) is 0. The van der Waals surface area contributed by atoms with Gasteiger partial charge in [0.15, 0.2) is 0 Å². The van der Waals surface area contributed by atoms with Crippen LogP contribution in [0.5, 0.6) is 0 Å². The Morgan fingerprint density at radius 1 is 1.33 bits per heavy atom. The van der Waals surface area contributed by atoms with Crippen molar-refractivity contribution in [3.8, 4) is 0 Å². The number of fused-ring (bicyclic) bond motifs is 2. The van der Waals surface area contributed by atoms with E-state index in [1.807, 2.05) is 6.08 Å². The van der Waals surface area contributed by atoms with Gasteiger partial charge in [0.1, 0.15) is 0 Å². The molecule has 0 radical (unpaired) electrons. The van der Waals surface area contributed by atoms with Crippen molar-refractivity contribution in [1.29, 1.82) is 0 Å². The molecule has 84 valence electrons. The van der Waals surface area contributed by atoms with E-state index in [2.05, 4.69) is 39.5 Å². The highest BCUT2D eigenvalue weighted by atomic mass is 14.6. The predicted octanol–water partition coefficient (Wildman–Crippen LogP) is 4.44. The smallest absolute Gasteiger partial charge is 0.0295 e. The minimum Gasteiger partial charge on any atom is -0.0991 e. The van der Waals surface area contributed by atoms with E-state index in [-0.39, 0.29) is 0 Å². The van der Waals surface area contributed by atoms with Crippen molar-refractivity contribution in [2.45, 2.75) is 40.0 Å². The van der Waals surface area contributed by atoms with Crippen LogP contribution >= 0.6 is 0 Å². The Kier molecular flexibility index (Phi) is 2.79. The third-order valence-corrected chi connectivity index (χ3v) is 5.22. The van der Waals surface area contributed by atoms with Crippen molar-refractivity contribution in [2.75, 3.05) is 0 Å². The van der Waals surface area contributed by atoms with Crippen molar-refractivity contribution < 1.29 is 0 Å². The molecule has 15 heavy (non-hydrogen) atoms. The predicted molar refractivity (Wildman–Crippen MR) is 66.6 cm³/mol. The molecule has 0 heteroatoms. The maximum atomic E-state index is 3.72. The van der Waals surface area contributed by atoms with Gasteiger partial charge in [-0.1, -0.05) is 45.6 Å². The largest absolute Gasteiger partial charge is 0.0991 e. The summed E-state index contributed by atoms with van der Waals surface area (Å²) in [5.41, 5.74) is 0.637. The van der Waals surface area contributed by atoms with Gasteiger partial charge in [0.25, 0.3) is 0 Å². The monoisotopic (exact) mass is 204 g/mol. The Hall–Kier alpha value is -0.520. The van der Waals surface area contributed by atoms with Gasteiger partial charge in [-0.25, -0.2) is 0 Å². The van der Waals surface area contributed by atoms with Crippen molar-refractivity contribution >= 4 is 0 Å². The SMILES string of the molecule is C=C/C=C/C[C@@H]1C[C@@H]2C[C@H]([C@H]1C)C2(C)C. The molecule has 0 spiro atoms. The van der Waals surface area contributed by atoms with E-state index < -0.39 is 0 Å². The van der Waals surface area contributed by atoms with Crippen LogP contribution < -0.4 is 0 Å². The molecule has 3 aliphatic carbocycles. The van der Waals surface area contributed by atoms with Crippen molar-refractivity contribution in [1.82, 2.24) is 0 Å². The molecule has 0 amide bonds. The molecule has 3 saturated carbocycles. The van der Waals surface area contributed by atoms with Crippen molar-refractivity contribution in [2.24, 2.45) is 29.1 Å². The van der Waals surface area contributed by atoms with E-state index in [9.17, 15) is 0 Å². The lowest BCUT2D eigenvalue weighted by Crippen LogP contribution is -2.54. The molecule has 0 aromatic carbocycles. The van der Waals surface area contributed by atoms with Gasteiger partial charge in [-0.15, -0.1) is 0 Å². The van der Waals surface area contributed by atoms with Crippen LogP contribution in [0.1, 0.15) is 40.0 Å². The Morgan fingerprint density at radius 3 is 2.60 bits per heavy atom. The van der Waals surface area contributed by atoms with Crippen molar-refractivity contribution in [3.05, 3.63) is 24.8 Å². The molecule has 0 nitrogen and oxygen atoms in total. The normalized spacial score (nSPS) is 42.6. The van der Waals surface area contributed by atoms with Gasteiger partial charge in [0.2, 0.25) is 0 Å². The first-order valence-corrected chi connectivity index (χ1v) is 6.35. The maximum absolute atomic E-state index is 3.72. The average Bonchev–Trinajstić information content (AvgIpc) is 2.20. The Bertz CT molecular complexity index is 272. The molecular formula is C15H24. The molecule has 0 saturated heterocycles. The number of allylic oxidation sites excluding steroid dienone is 3. The second kappa shape index (κ2) is 3.81. The van der Waals surface area contributed by atoms with E-state index in [0.717, 1.165) is 23.7 Å². The Balaban J connectivity index is 1.96. The molecule has 0 unspecified atom stereocenters. The number of hydrogen-bond acceptors (Lipinski definition) is 0. The molecule has 4 atom stereocenters. The number of hydrogen-bond donors (Lipinski definition) is 0. The first kappa shape index (κ1) is 11.0. The molecule has 3 rings (SSSR count). The van der Waals surface area contributed by atoms with E-state index in [4.69, 9.17) is 0 Å². The van der Waals surface area contributed by atoms with E-state index in [0.29, 0.717) is 5.41 Å². The summed E-state index contributed by atoms with van der Waals surface area (Å²) in [7, 11) is 0. The fourth-order valence-corrected chi connectivity index (χ4v) is 3.92. The zero-order chi connectivity index (χ0) is 11.1. The van der Waals surface area contributed by atoms with Gasteiger partial charge < -0.3 is 0 Å². The highest BCUT2D eigenvalue weighted by molar-refractivity contribution is 5.07. The summed E-state index contributed by atoms with van der Waals surface area (Å²) >= 11 is 0. The minimum atomic E-state index is 0.637. The number of rotatable bonds is 3. The molecule has 0 aliphatic heterocycles. The lowest BCUT2D eigenvalue weighted by Gasteiger charge is -2.62. The van der Waals surface area contributed by atoms with Crippen LogP contribution in [0.25, 0.3) is 0 Å². The quantitative estimate of drug-likeness (QED) is 0.596. The fourth-order valence-electron chi connectivity index (χ4n) is 3.92. The molecule has 3 aliphatic rings. The van der Waals surface area contributed by atoms with Gasteiger partial charge in [-0.05, 0) is 48.3 Å².